The topological polar surface area (TPSA) is 81.1 Å². The molecule has 6 heteroatoms. The van der Waals surface area contributed by atoms with E-state index in [1.807, 2.05) is 6.92 Å². The Kier molecular flexibility index (Phi) is 4.52. The zero-order valence-electron chi connectivity index (χ0n) is 12.0. The molecule has 2 saturated heterocycles. The fourth-order valence-corrected chi connectivity index (χ4v) is 3.26. The van der Waals surface area contributed by atoms with Gasteiger partial charge in [-0.3, -0.25) is 4.79 Å². The molecule has 0 saturated carbocycles. The number of amides is 2. The van der Waals surface area contributed by atoms with Crippen LogP contribution in [0.3, 0.4) is 0 Å². The SMILES string of the molecule is CCCC1(C(=O)O)CCN(C(=O)N2CCC(O)CC2)C1. The van der Waals surface area contributed by atoms with Crippen molar-refractivity contribution in [3.63, 3.8) is 0 Å². The van der Waals surface area contributed by atoms with Crippen LogP contribution in [0, 0.1) is 5.41 Å². The van der Waals surface area contributed by atoms with Gasteiger partial charge < -0.3 is 20.0 Å². The van der Waals surface area contributed by atoms with Gasteiger partial charge in [0.25, 0.3) is 0 Å². The fraction of sp³-hybridized carbons (Fsp3) is 0.857. The van der Waals surface area contributed by atoms with Gasteiger partial charge in [-0.05, 0) is 25.7 Å². The van der Waals surface area contributed by atoms with E-state index in [1.54, 1.807) is 9.80 Å². The number of carboxylic acid groups (broad SMARTS) is 1. The van der Waals surface area contributed by atoms with Crippen LogP contribution < -0.4 is 0 Å². The zero-order valence-corrected chi connectivity index (χ0v) is 12.0. The molecule has 2 heterocycles. The van der Waals surface area contributed by atoms with Crippen LogP contribution in [0.5, 0.6) is 0 Å². The maximum Gasteiger partial charge on any atom is 0.320 e. The maximum absolute atomic E-state index is 12.4. The Balaban J connectivity index is 1.97. The Morgan fingerprint density at radius 1 is 1.20 bits per heavy atom. The Morgan fingerprint density at radius 2 is 1.85 bits per heavy atom. The van der Waals surface area contributed by atoms with Crippen molar-refractivity contribution in [3.8, 4) is 0 Å². The second kappa shape index (κ2) is 5.99. The van der Waals surface area contributed by atoms with Crippen molar-refractivity contribution in [1.29, 1.82) is 0 Å². The highest BCUT2D eigenvalue weighted by Crippen LogP contribution is 2.36. The first-order valence-electron chi connectivity index (χ1n) is 7.44. The Bertz CT molecular complexity index is 379. The standard InChI is InChI=1S/C14H24N2O4/c1-2-5-14(12(18)19)6-9-16(10-14)13(20)15-7-3-11(17)4-8-15/h11,17H,2-10H2,1H3,(H,18,19). The molecule has 0 spiro atoms. The molecule has 2 aliphatic rings. The summed E-state index contributed by atoms with van der Waals surface area (Å²) in [5, 5.41) is 18.9. The van der Waals surface area contributed by atoms with E-state index in [0.29, 0.717) is 51.9 Å². The van der Waals surface area contributed by atoms with Gasteiger partial charge in [0.15, 0.2) is 0 Å². The molecule has 0 bridgehead atoms. The van der Waals surface area contributed by atoms with Crippen molar-refractivity contribution in [2.45, 2.75) is 45.1 Å². The molecule has 0 aromatic rings. The lowest BCUT2D eigenvalue weighted by Crippen LogP contribution is -2.47. The van der Waals surface area contributed by atoms with E-state index >= 15 is 0 Å². The lowest BCUT2D eigenvalue weighted by Gasteiger charge is -2.33. The van der Waals surface area contributed by atoms with Crippen LogP contribution >= 0.6 is 0 Å². The highest BCUT2D eigenvalue weighted by atomic mass is 16.4. The highest BCUT2D eigenvalue weighted by Gasteiger charge is 2.46. The van der Waals surface area contributed by atoms with Gasteiger partial charge in [-0.25, -0.2) is 4.79 Å². The molecular formula is C14H24N2O4. The summed E-state index contributed by atoms with van der Waals surface area (Å²) in [6, 6.07) is -0.0730. The number of carbonyl (C=O) groups excluding carboxylic acids is 1. The largest absolute Gasteiger partial charge is 0.481 e. The average Bonchev–Trinajstić information content (AvgIpc) is 2.85. The van der Waals surface area contributed by atoms with Crippen LogP contribution in [0.15, 0.2) is 0 Å². The minimum atomic E-state index is -0.788. The number of urea groups is 1. The number of aliphatic carboxylic acids is 1. The molecule has 0 aliphatic carbocycles. The van der Waals surface area contributed by atoms with Crippen molar-refractivity contribution in [1.82, 2.24) is 9.80 Å². The number of carboxylic acids is 1. The number of likely N-dealkylation sites (tertiary alicyclic amines) is 2. The number of aliphatic hydroxyl groups is 1. The van der Waals surface area contributed by atoms with E-state index < -0.39 is 11.4 Å². The molecule has 114 valence electrons. The molecule has 20 heavy (non-hydrogen) atoms. The summed E-state index contributed by atoms with van der Waals surface area (Å²) in [5.41, 5.74) is -0.764. The first-order valence-corrected chi connectivity index (χ1v) is 7.44. The van der Waals surface area contributed by atoms with Crippen LogP contribution in [0.1, 0.15) is 39.0 Å². The Labute approximate surface area is 119 Å². The smallest absolute Gasteiger partial charge is 0.320 e. The van der Waals surface area contributed by atoms with E-state index in [1.165, 1.54) is 0 Å². The van der Waals surface area contributed by atoms with Gasteiger partial charge in [0, 0.05) is 26.2 Å². The molecule has 6 nitrogen and oxygen atoms in total. The number of carbonyl (C=O) groups is 2. The lowest BCUT2D eigenvalue weighted by atomic mass is 9.83. The Hall–Kier alpha value is -1.30. The van der Waals surface area contributed by atoms with Crippen molar-refractivity contribution < 1.29 is 19.8 Å². The zero-order chi connectivity index (χ0) is 14.8. The second-order valence-corrected chi connectivity index (χ2v) is 6.01. The summed E-state index contributed by atoms with van der Waals surface area (Å²) < 4.78 is 0. The fourth-order valence-electron chi connectivity index (χ4n) is 3.26. The van der Waals surface area contributed by atoms with E-state index in [0.717, 1.165) is 6.42 Å². The molecule has 2 N–H and O–H groups in total. The molecule has 2 rings (SSSR count). The van der Waals surface area contributed by atoms with E-state index in [9.17, 15) is 19.8 Å². The molecule has 2 aliphatic heterocycles. The van der Waals surface area contributed by atoms with Crippen LogP contribution in [0.4, 0.5) is 4.79 Å². The number of nitrogens with zero attached hydrogens (tertiary/aromatic N) is 2. The third kappa shape index (κ3) is 2.90. The van der Waals surface area contributed by atoms with Gasteiger partial charge in [-0.15, -0.1) is 0 Å². The molecule has 2 amide bonds. The molecule has 0 aromatic carbocycles. The molecule has 0 aromatic heterocycles. The van der Waals surface area contributed by atoms with E-state index in [2.05, 4.69) is 0 Å². The minimum absolute atomic E-state index is 0.0730. The van der Waals surface area contributed by atoms with Crippen molar-refractivity contribution in [2.24, 2.45) is 5.41 Å². The van der Waals surface area contributed by atoms with Gasteiger partial charge in [0.1, 0.15) is 0 Å². The van der Waals surface area contributed by atoms with Crippen LogP contribution in [0.2, 0.25) is 0 Å². The first-order chi connectivity index (χ1) is 9.48. The van der Waals surface area contributed by atoms with Gasteiger partial charge in [0.05, 0.1) is 11.5 Å². The van der Waals surface area contributed by atoms with E-state index in [4.69, 9.17) is 0 Å². The number of hydrogen-bond acceptors (Lipinski definition) is 3. The number of piperidine rings is 1. The monoisotopic (exact) mass is 284 g/mol. The van der Waals surface area contributed by atoms with Crippen LogP contribution in [0.25, 0.3) is 0 Å². The first kappa shape index (κ1) is 15.1. The van der Waals surface area contributed by atoms with Gasteiger partial charge >= 0.3 is 12.0 Å². The van der Waals surface area contributed by atoms with Gasteiger partial charge in [-0.2, -0.15) is 0 Å². The van der Waals surface area contributed by atoms with Gasteiger partial charge in [-0.1, -0.05) is 13.3 Å². The van der Waals surface area contributed by atoms with Crippen LogP contribution in [-0.2, 0) is 4.79 Å². The summed E-state index contributed by atoms with van der Waals surface area (Å²) in [6.45, 7) is 3.92. The highest BCUT2D eigenvalue weighted by molar-refractivity contribution is 5.80. The molecule has 0 radical (unpaired) electrons. The van der Waals surface area contributed by atoms with Crippen molar-refractivity contribution in [2.75, 3.05) is 26.2 Å². The predicted octanol–water partition coefficient (Wildman–Crippen LogP) is 1.14. The number of hydrogen-bond donors (Lipinski definition) is 2. The summed E-state index contributed by atoms with van der Waals surface area (Å²) in [7, 11) is 0. The summed E-state index contributed by atoms with van der Waals surface area (Å²) in [4.78, 5) is 27.3. The molecule has 1 unspecified atom stereocenters. The minimum Gasteiger partial charge on any atom is -0.481 e. The number of aliphatic hydroxyl groups excluding tert-OH is 1. The molecular weight excluding hydrogens is 260 g/mol. The van der Waals surface area contributed by atoms with Crippen molar-refractivity contribution in [3.05, 3.63) is 0 Å². The van der Waals surface area contributed by atoms with Crippen LogP contribution in [-0.4, -0.2) is 64.3 Å². The lowest BCUT2D eigenvalue weighted by molar-refractivity contribution is -0.148. The molecule has 2 fully saturated rings. The van der Waals surface area contributed by atoms with Crippen molar-refractivity contribution >= 4 is 12.0 Å². The van der Waals surface area contributed by atoms with E-state index in [-0.39, 0.29) is 12.1 Å². The Morgan fingerprint density at radius 3 is 2.40 bits per heavy atom. The quantitative estimate of drug-likeness (QED) is 0.814. The predicted molar refractivity (Wildman–Crippen MR) is 73.4 cm³/mol. The second-order valence-electron chi connectivity index (χ2n) is 6.01. The third-order valence-corrected chi connectivity index (χ3v) is 4.54. The summed E-state index contributed by atoms with van der Waals surface area (Å²) in [6.07, 6.45) is 2.88. The molecule has 1 atom stereocenters. The van der Waals surface area contributed by atoms with Gasteiger partial charge in [0.2, 0.25) is 0 Å². The normalized spacial score (nSPS) is 27.9. The third-order valence-electron chi connectivity index (χ3n) is 4.54. The average molecular weight is 284 g/mol. The summed E-state index contributed by atoms with van der Waals surface area (Å²) >= 11 is 0. The maximum atomic E-state index is 12.4. The number of rotatable bonds is 3. The summed E-state index contributed by atoms with van der Waals surface area (Å²) in [5.74, 6) is -0.788.